The largest absolute Gasteiger partial charge is 0.478 e. The first-order valence-corrected chi connectivity index (χ1v) is 4.76. The quantitative estimate of drug-likeness (QED) is 0.749. The highest BCUT2D eigenvalue weighted by Gasteiger charge is 2.12. The summed E-state index contributed by atoms with van der Waals surface area (Å²) in [6.07, 6.45) is 0. The maximum atomic E-state index is 11.1. The number of pyridine rings is 1. The zero-order valence-electron chi connectivity index (χ0n) is 7.33. The molecule has 0 atom stereocenters. The van der Waals surface area contributed by atoms with E-state index in [2.05, 4.69) is 4.98 Å². The van der Waals surface area contributed by atoms with Gasteiger partial charge in [0.05, 0.1) is 15.8 Å². The Kier molecular flexibility index (Phi) is 1.89. The molecular weight excluding hydrogens is 202 g/mol. The van der Waals surface area contributed by atoms with Crippen LogP contribution >= 0.6 is 11.3 Å². The summed E-state index contributed by atoms with van der Waals surface area (Å²) in [5, 5.41) is 8.87. The van der Waals surface area contributed by atoms with Crippen molar-refractivity contribution in [2.45, 2.75) is 6.92 Å². The molecule has 2 aromatic rings. The number of carbonyl (C=O) groups is 1. The van der Waals surface area contributed by atoms with Gasteiger partial charge in [0, 0.05) is 10.9 Å². The van der Waals surface area contributed by atoms with E-state index < -0.39 is 5.97 Å². The van der Waals surface area contributed by atoms with E-state index in [1.807, 2.05) is 6.92 Å². The summed E-state index contributed by atoms with van der Waals surface area (Å²) in [5.74, 6) is -1.07. The molecule has 0 spiro atoms. The van der Waals surface area contributed by atoms with Gasteiger partial charge >= 0.3 is 5.97 Å². The minimum Gasteiger partial charge on any atom is -0.478 e. The number of H-pyrrole nitrogens is 1. The van der Waals surface area contributed by atoms with Gasteiger partial charge in [-0.1, -0.05) is 0 Å². The van der Waals surface area contributed by atoms with Crippen molar-refractivity contribution in [1.82, 2.24) is 4.98 Å². The van der Waals surface area contributed by atoms with Crippen molar-refractivity contribution in [3.05, 3.63) is 32.9 Å². The van der Waals surface area contributed by atoms with Crippen LogP contribution in [0.3, 0.4) is 0 Å². The van der Waals surface area contributed by atoms with Crippen LogP contribution in [-0.4, -0.2) is 16.1 Å². The minimum absolute atomic E-state index is 0.0712. The molecule has 0 aliphatic rings. The fourth-order valence-corrected chi connectivity index (χ4v) is 2.31. The van der Waals surface area contributed by atoms with Crippen LogP contribution in [0.5, 0.6) is 0 Å². The lowest BCUT2D eigenvalue weighted by Crippen LogP contribution is -2.08. The number of hydrogen-bond donors (Lipinski definition) is 2. The third-order valence-corrected chi connectivity index (χ3v) is 2.95. The van der Waals surface area contributed by atoms with Crippen molar-refractivity contribution >= 4 is 27.5 Å². The normalized spacial score (nSPS) is 10.6. The van der Waals surface area contributed by atoms with Crippen LogP contribution in [0.2, 0.25) is 0 Å². The van der Waals surface area contributed by atoms with E-state index in [1.54, 1.807) is 6.07 Å². The molecule has 0 unspecified atom stereocenters. The molecule has 0 aromatic carbocycles. The van der Waals surface area contributed by atoms with Crippen LogP contribution in [-0.2, 0) is 0 Å². The van der Waals surface area contributed by atoms with Gasteiger partial charge in [-0.25, -0.2) is 4.79 Å². The first-order chi connectivity index (χ1) is 6.58. The molecule has 0 aliphatic heterocycles. The van der Waals surface area contributed by atoms with E-state index in [9.17, 15) is 9.59 Å². The first kappa shape index (κ1) is 8.96. The lowest BCUT2D eigenvalue weighted by Gasteiger charge is -1.94. The number of rotatable bonds is 1. The Morgan fingerprint density at radius 3 is 2.86 bits per heavy atom. The standard InChI is InChI=1S/C9H7NO3S/c1-4-2-6-8(14-4)5(9(12)13)3-7(11)10-6/h2-3H,1H3,(H,10,11)(H,12,13). The summed E-state index contributed by atoms with van der Waals surface area (Å²) in [7, 11) is 0. The number of nitrogens with one attached hydrogen (secondary N) is 1. The van der Waals surface area contributed by atoms with Crippen LogP contribution in [0, 0.1) is 6.92 Å². The molecule has 0 aliphatic carbocycles. The van der Waals surface area contributed by atoms with Crippen molar-refractivity contribution in [2.75, 3.05) is 0 Å². The summed E-state index contributed by atoms with van der Waals surface area (Å²) in [5.41, 5.74) is 0.284. The first-order valence-electron chi connectivity index (χ1n) is 3.94. The van der Waals surface area contributed by atoms with Crippen molar-refractivity contribution in [3.63, 3.8) is 0 Å². The van der Waals surface area contributed by atoms with Gasteiger partial charge in [-0.2, -0.15) is 0 Å². The van der Waals surface area contributed by atoms with Gasteiger partial charge in [-0.3, -0.25) is 4.79 Å². The molecule has 0 saturated heterocycles. The molecule has 2 rings (SSSR count). The molecule has 2 aromatic heterocycles. The van der Waals surface area contributed by atoms with E-state index in [0.717, 1.165) is 10.9 Å². The Morgan fingerprint density at radius 2 is 2.21 bits per heavy atom. The number of fused-ring (bicyclic) bond motifs is 1. The molecule has 0 saturated carbocycles. The predicted molar refractivity (Wildman–Crippen MR) is 54.1 cm³/mol. The number of carboxylic acid groups (broad SMARTS) is 1. The van der Waals surface area contributed by atoms with E-state index in [0.29, 0.717) is 10.2 Å². The number of aromatic carboxylic acids is 1. The average Bonchev–Trinajstić information content (AvgIpc) is 2.42. The number of hydrogen-bond acceptors (Lipinski definition) is 3. The van der Waals surface area contributed by atoms with Crippen LogP contribution in [0.1, 0.15) is 15.2 Å². The SMILES string of the molecule is Cc1cc2[nH]c(=O)cc(C(=O)O)c2s1. The molecule has 0 radical (unpaired) electrons. The molecule has 2 N–H and O–H groups in total. The van der Waals surface area contributed by atoms with Crippen LogP contribution < -0.4 is 5.56 Å². The van der Waals surface area contributed by atoms with Crippen molar-refractivity contribution in [1.29, 1.82) is 0 Å². The topological polar surface area (TPSA) is 70.2 Å². The van der Waals surface area contributed by atoms with E-state index in [4.69, 9.17) is 5.11 Å². The van der Waals surface area contributed by atoms with Crippen LogP contribution in [0.15, 0.2) is 16.9 Å². The molecule has 0 amide bonds. The van der Waals surface area contributed by atoms with Gasteiger partial charge in [0.15, 0.2) is 0 Å². The van der Waals surface area contributed by atoms with Gasteiger partial charge in [0.25, 0.3) is 0 Å². The monoisotopic (exact) mass is 209 g/mol. The number of aromatic amines is 1. The van der Waals surface area contributed by atoms with Gasteiger partial charge in [0.2, 0.25) is 5.56 Å². The highest BCUT2D eigenvalue weighted by molar-refractivity contribution is 7.19. The number of aryl methyl sites for hydroxylation is 1. The molecule has 5 heteroatoms. The molecule has 2 heterocycles. The van der Waals surface area contributed by atoms with Gasteiger partial charge in [-0.05, 0) is 13.0 Å². The molecule has 72 valence electrons. The van der Waals surface area contributed by atoms with Gasteiger partial charge < -0.3 is 10.1 Å². The third-order valence-electron chi connectivity index (χ3n) is 1.86. The van der Waals surface area contributed by atoms with Crippen LogP contribution in [0.4, 0.5) is 0 Å². The average molecular weight is 209 g/mol. The Hall–Kier alpha value is -1.62. The molecule has 14 heavy (non-hydrogen) atoms. The van der Waals surface area contributed by atoms with Crippen LogP contribution in [0.25, 0.3) is 10.2 Å². The van der Waals surface area contributed by atoms with E-state index >= 15 is 0 Å². The smallest absolute Gasteiger partial charge is 0.337 e. The third kappa shape index (κ3) is 1.31. The Labute approximate surface area is 82.8 Å². The number of aromatic nitrogens is 1. The predicted octanol–water partition coefficient (Wildman–Crippen LogP) is 1.60. The molecular formula is C9H7NO3S. The Bertz CT molecular complexity index is 567. The summed E-state index contributed by atoms with van der Waals surface area (Å²) >= 11 is 1.36. The second-order valence-electron chi connectivity index (χ2n) is 2.95. The molecule has 0 fully saturated rings. The zero-order valence-corrected chi connectivity index (χ0v) is 8.14. The zero-order chi connectivity index (χ0) is 10.3. The van der Waals surface area contributed by atoms with Gasteiger partial charge in [-0.15, -0.1) is 11.3 Å². The minimum atomic E-state index is -1.07. The Morgan fingerprint density at radius 1 is 1.50 bits per heavy atom. The number of thiophene rings is 1. The van der Waals surface area contributed by atoms with Crippen molar-refractivity contribution in [3.8, 4) is 0 Å². The van der Waals surface area contributed by atoms with Crippen molar-refractivity contribution < 1.29 is 9.90 Å². The highest BCUT2D eigenvalue weighted by atomic mass is 32.1. The second kappa shape index (κ2) is 2.95. The Balaban J connectivity index is 2.93. The fraction of sp³-hybridized carbons (Fsp3) is 0.111. The summed E-state index contributed by atoms with van der Waals surface area (Å²) in [4.78, 5) is 25.5. The lowest BCUT2D eigenvalue weighted by atomic mass is 10.2. The molecule has 4 nitrogen and oxygen atoms in total. The number of carboxylic acids is 1. The van der Waals surface area contributed by atoms with E-state index in [1.165, 1.54) is 11.3 Å². The highest BCUT2D eigenvalue weighted by Crippen LogP contribution is 2.25. The summed E-state index contributed by atoms with van der Waals surface area (Å²) in [6.45, 7) is 1.87. The lowest BCUT2D eigenvalue weighted by molar-refractivity contribution is 0.0699. The van der Waals surface area contributed by atoms with Gasteiger partial charge in [0.1, 0.15) is 0 Å². The summed E-state index contributed by atoms with van der Waals surface area (Å²) < 4.78 is 0.620. The second-order valence-corrected chi connectivity index (χ2v) is 4.21. The van der Waals surface area contributed by atoms with E-state index in [-0.39, 0.29) is 11.1 Å². The summed E-state index contributed by atoms with van der Waals surface area (Å²) in [6, 6.07) is 2.88. The maximum Gasteiger partial charge on any atom is 0.337 e. The fourth-order valence-electron chi connectivity index (χ4n) is 1.33. The molecule has 0 bridgehead atoms. The van der Waals surface area contributed by atoms with Crippen molar-refractivity contribution in [2.24, 2.45) is 0 Å². The maximum absolute atomic E-state index is 11.1.